The van der Waals surface area contributed by atoms with Crippen LogP contribution < -0.4 is 5.73 Å². The predicted molar refractivity (Wildman–Crippen MR) is 49.5 cm³/mol. The molecule has 5 heteroatoms. The van der Waals surface area contributed by atoms with Crippen molar-refractivity contribution in [3.63, 3.8) is 0 Å². The normalized spacial score (nSPS) is 16.0. The highest BCUT2D eigenvalue weighted by Crippen LogP contribution is 1.96. The van der Waals surface area contributed by atoms with Gasteiger partial charge in [0.05, 0.1) is 0 Å². The molecule has 0 fully saturated rings. The molecular weight excluding hydrogens is 172 g/mol. The third-order valence-corrected chi connectivity index (χ3v) is 1.49. The number of hydrogen-bond donors (Lipinski definition) is 2. The Kier molecular flexibility index (Phi) is 5.88. The van der Waals surface area contributed by atoms with E-state index >= 15 is 0 Å². The summed E-state index contributed by atoms with van der Waals surface area (Å²) in [6.07, 6.45) is 2.75. The SMILES string of the molecule is C1=NOCC1.CC(C)[C@H](N)C(=O)O. The molecule has 0 aliphatic carbocycles. The molecule has 0 bridgehead atoms. The van der Waals surface area contributed by atoms with E-state index < -0.39 is 12.0 Å². The Bertz CT molecular complexity index is 174. The minimum Gasteiger partial charge on any atom is -0.480 e. The summed E-state index contributed by atoms with van der Waals surface area (Å²) in [6, 6.07) is -0.713. The zero-order chi connectivity index (χ0) is 10.3. The summed E-state index contributed by atoms with van der Waals surface area (Å²) in [6.45, 7) is 4.33. The van der Waals surface area contributed by atoms with E-state index in [0.717, 1.165) is 13.0 Å². The van der Waals surface area contributed by atoms with Crippen LogP contribution in [0.4, 0.5) is 0 Å². The smallest absolute Gasteiger partial charge is 0.320 e. The molecule has 0 saturated heterocycles. The van der Waals surface area contributed by atoms with E-state index in [2.05, 4.69) is 9.99 Å². The molecule has 0 aromatic heterocycles. The van der Waals surface area contributed by atoms with Crippen LogP contribution in [-0.2, 0) is 9.63 Å². The molecule has 1 atom stereocenters. The van der Waals surface area contributed by atoms with E-state index in [0.29, 0.717) is 0 Å². The zero-order valence-corrected chi connectivity index (χ0v) is 7.93. The van der Waals surface area contributed by atoms with Gasteiger partial charge in [-0.3, -0.25) is 4.79 Å². The first-order valence-electron chi connectivity index (χ1n) is 4.18. The minimum atomic E-state index is -0.931. The molecule has 0 amide bonds. The molecule has 1 aliphatic heterocycles. The average Bonchev–Trinajstić information content (AvgIpc) is 2.59. The van der Waals surface area contributed by atoms with E-state index in [-0.39, 0.29) is 5.92 Å². The van der Waals surface area contributed by atoms with Crippen LogP contribution in [-0.4, -0.2) is 29.9 Å². The molecule has 3 N–H and O–H groups in total. The number of carboxylic acid groups (broad SMARTS) is 1. The number of oxime groups is 1. The number of nitrogens with zero attached hydrogens (tertiary/aromatic N) is 1. The fourth-order valence-electron chi connectivity index (χ4n) is 0.549. The van der Waals surface area contributed by atoms with Gasteiger partial charge in [0.1, 0.15) is 12.6 Å². The van der Waals surface area contributed by atoms with E-state index in [4.69, 9.17) is 10.8 Å². The van der Waals surface area contributed by atoms with Crippen molar-refractivity contribution in [3.05, 3.63) is 0 Å². The lowest BCUT2D eigenvalue weighted by Crippen LogP contribution is -2.34. The number of carbonyl (C=O) groups is 1. The second-order valence-electron chi connectivity index (χ2n) is 3.02. The molecule has 0 aromatic carbocycles. The molecule has 1 rings (SSSR count). The number of hydrogen-bond acceptors (Lipinski definition) is 4. The summed E-state index contributed by atoms with van der Waals surface area (Å²) in [5.41, 5.74) is 5.16. The van der Waals surface area contributed by atoms with Crippen molar-refractivity contribution in [1.29, 1.82) is 0 Å². The average molecular weight is 188 g/mol. The lowest BCUT2D eigenvalue weighted by Gasteiger charge is -2.07. The fourth-order valence-corrected chi connectivity index (χ4v) is 0.549. The maximum atomic E-state index is 10.0. The minimum absolute atomic E-state index is 0.0208. The quantitative estimate of drug-likeness (QED) is 0.658. The topological polar surface area (TPSA) is 84.9 Å². The molecule has 0 saturated carbocycles. The lowest BCUT2D eigenvalue weighted by molar-refractivity contribution is -0.139. The standard InChI is InChI=1S/C5H11NO2.C3H5NO/c1-3(2)4(6)5(7)8;1-2-4-5-3-1/h3-4H,6H2,1-2H3,(H,7,8);2H,1,3H2/t4-;/m0./s1. The van der Waals surface area contributed by atoms with Gasteiger partial charge in [-0.05, 0) is 5.92 Å². The summed E-state index contributed by atoms with van der Waals surface area (Å²) in [5, 5.41) is 11.7. The number of nitrogens with two attached hydrogens (primary N) is 1. The highest BCUT2D eigenvalue weighted by molar-refractivity contribution is 5.73. The number of carboxylic acids is 1. The van der Waals surface area contributed by atoms with Gasteiger partial charge in [0.25, 0.3) is 0 Å². The molecule has 0 spiro atoms. The van der Waals surface area contributed by atoms with Crippen LogP contribution in [0.2, 0.25) is 0 Å². The van der Waals surface area contributed by atoms with Crippen LogP contribution in [0, 0.1) is 5.92 Å². The molecule has 0 radical (unpaired) electrons. The van der Waals surface area contributed by atoms with Gasteiger partial charge >= 0.3 is 5.97 Å². The predicted octanol–water partition coefficient (Wildman–Crippen LogP) is 0.447. The summed E-state index contributed by atoms with van der Waals surface area (Å²) in [7, 11) is 0. The van der Waals surface area contributed by atoms with Crippen LogP contribution >= 0.6 is 0 Å². The summed E-state index contributed by atoms with van der Waals surface area (Å²) in [4.78, 5) is 14.5. The van der Waals surface area contributed by atoms with Crippen molar-refractivity contribution in [2.24, 2.45) is 16.8 Å². The third kappa shape index (κ3) is 6.10. The van der Waals surface area contributed by atoms with Gasteiger partial charge in [-0.1, -0.05) is 19.0 Å². The Morgan fingerprint density at radius 3 is 2.38 bits per heavy atom. The Morgan fingerprint density at radius 2 is 2.31 bits per heavy atom. The Morgan fingerprint density at radius 1 is 1.69 bits per heavy atom. The van der Waals surface area contributed by atoms with Gasteiger partial charge in [0.15, 0.2) is 0 Å². The first-order valence-corrected chi connectivity index (χ1v) is 4.18. The number of aliphatic carboxylic acids is 1. The molecule has 0 unspecified atom stereocenters. The molecule has 1 heterocycles. The fraction of sp³-hybridized carbons (Fsp3) is 0.750. The maximum absolute atomic E-state index is 10.0. The summed E-state index contributed by atoms with van der Waals surface area (Å²) >= 11 is 0. The van der Waals surface area contributed by atoms with Crippen molar-refractivity contribution in [2.45, 2.75) is 26.3 Å². The molecule has 5 nitrogen and oxygen atoms in total. The highest BCUT2D eigenvalue weighted by Gasteiger charge is 2.14. The van der Waals surface area contributed by atoms with Crippen LogP contribution in [0.3, 0.4) is 0 Å². The second kappa shape index (κ2) is 6.42. The Labute approximate surface area is 77.6 Å². The van der Waals surface area contributed by atoms with E-state index in [1.165, 1.54) is 0 Å². The van der Waals surface area contributed by atoms with Crippen LogP contribution in [0.1, 0.15) is 20.3 Å². The molecule has 76 valence electrons. The monoisotopic (exact) mass is 188 g/mol. The van der Waals surface area contributed by atoms with Crippen molar-refractivity contribution >= 4 is 12.2 Å². The largest absolute Gasteiger partial charge is 0.480 e. The summed E-state index contributed by atoms with van der Waals surface area (Å²) in [5.74, 6) is -0.910. The highest BCUT2D eigenvalue weighted by atomic mass is 16.6. The van der Waals surface area contributed by atoms with Gasteiger partial charge in [0.2, 0.25) is 0 Å². The van der Waals surface area contributed by atoms with Gasteiger partial charge in [0, 0.05) is 12.6 Å². The number of rotatable bonds is 2. The van der Waals surface area contributed by atoms with Gasteiger partial charge < -0.3 is 15.7 Å². The first-order chi connectivity index (χ1) is 6.05. The van der Waals surface area contributed by atoms with Crippen molar-refractivity contribution in [2.75, 3.05) is 6.61 Å². The zero-order valence-electron chi connectivity index (χ0n) is 7.93. The lowest BCUT2D eigenvalue weighted by atomic mass is 10.1. The Hall–Kier alpha value is -1.10. The molecule has 13 heavy (non-hydrogen) atoms. The van der Waals surface area contributed by atoms with Crippen molar-refractivity contribution in [1.82, 2.24) is 0 Å². The molecule has 1 aliphatic rings. The third-order valence-electron chi connectivity index (χ3n) is 1.49. The van der Waals surface area contributed by atoms with Gasteiger partial charge in [-0.2, -0.15) is 0 Å². The van der Waals surface area contributed by atoms with E-state index in [1.807, 2.05) is 0 Å². The molecule has 0 aromatic rings. The van der Waals surface area contributed by atoms with Crippen LogP contribution in [0.15, 0.2) is 5.16 Å². The van der Waals surface area contributed by atoms with Crippen LogP contribution in [0.25, 0.3) is 0 Å². The van der Waals surface area contributed by atoms with Gasteiger partial charge in [-0.25, -0.2) is 0 Å². The van der Waals surface area contributed by atoms with Crippen molar-refractivity contribution < 1.29 is 14.7 Å². The maximum Gasteiger partial charge on any atom is 0.320 e. The molecular formula is C8H16N2O3. The first kappa shape index (κ1) is 11.9. The summed E-state index contributed by atoms with van der Waals surface area (Å²) < 4.78 is 0. The van der Waals surface area contributed by atoms with Crippen molar-refractivity contribution in [3.8, 4) is 0 Å². The van der Waals surface area contributed by atoms with E-state index in [9.17, 15) is 4.79 Å². The second-order valence-corrected chi connectivity index (χ2v) is 3.02. The van der Waals surface area contributed by atoms with E-state index in [1.54, 1.807) is 20.1 Å². The Balaban J connectivity index is 0.000000243. The van der Waals surface area contributed by atoms with Crippen LogP contribution in [0.5, 0.6) is 0 Å². The van der Waals surface area contributed by atoms with Gasteiger partial charge in [-0.15, -0.1) is 0 Å².